The number of nitrogens with one attached hydrogen (secondary N) is 1. The summed E-state index contributed by atoms with van der Waals surface area (Å²) in [7, 11) is 0. The molecule has 2 N–H and O–H groups in total. The number of hydrogen-bond acceptors (Lipinski definition) is 4. The minimum Gasteiger partial charge on any atom is -0.480 e. The zero-order valence-corrected chi connectivity index (χ0v) is 18.2. The molecule has 3 rings (SSSR count). The van der Waals surface area contributed by atoms with Gasteiger partial charge in [0.15, 0.2) is 6.61 Å². The maximum absolute atomic E-state index is 13.4. The summed E-state index contributed by atoms with van der Waals surface area (Å²) in [6, 6.07) is 11.5. The second-order valence-electron chi connectivity index (χ2n) is 7.66. The van der Waals surface area contributed by atoms with E-state index >= 15 is 0 Å². The van der Waals surface area contributed by atoms with Crippen LogP contribution in [0.2, 0.25) is 0 Å². The number of aliphatic carboxylic acids is 1. The Bertz CT molecular complexity index is 936. The third kappa shape index (κ3) is 5.37. The first kappa shape index (κ1) is 22.2. The SMILES string of the molecule is CC(=O)N[C@@]1(C)C[C@@H](c2ccc(F)cc2)O[C@@H](c2cccc(Br)c2OCC(=O)O)C1. The van der Waals surface area contributed by atoms with Gasteiger partial charge in [-0.2, -0.15) is 0 Å². The van der Waals surface area contributed by atoms with Crippen molar-refractivity contribution in [3.8, 4) is 5.75 Å². The lowest BCUT2D eigenvalue weighted by Crippen LogP contribution is -2.50. The van der Waals surface area contributed by atoms with Gasteiger partial charge in [-0.05, 0) is 46.6 Å². The largest absolute Gasteiger partial charge is 0.480 e. The number of carboxylic acids is 1. The van der Waals surface area contributed by atoms with E-state index in [2.05, 4.69) is 21.2 Å². The molecule has 2 aromatic carbocycles. The van der Waals surface area contributed by atoms with Gasteiger partial charge >= 0.3 is 5.97 Å². The maximum Gasteiger partial charge on any atom is 0.341 e. The molecule has 0 unspecified atom stereocenters. The molecule has 1 saturated heterocycles. The molecule has 30 heavy (non-hydrogen) atoms. The Morgan fingerprint density at radius 3 is 2.53 bits per heavy atom. The highest BCUT2D eigenvalue weighted by atomic mass is 79.9. The van der Waals surface area contributed by atoms with Crippen LogP contribution >= 0.6 is 15.9 Å². The van der Waals surface area contributed by atoms with E-state index in [0.717, 1.165) is 5.56 Å². The van der Waals surface area contributed by atoms with Gasteiger partial charge < -0.3 is 19.9 Å². The second-order valence-corrected chi connectivity index (χ2v) is 8.51. The van der Waals surface area contributed by atoms with Gasteiger partial charge in [0.25, 0.3) is 0 Å². The van der Waals surface area contributed by atoms with Crippen molar-refractivity contribution in [1.82, 2.24) is 5.32 Å². The number of benzene rings is 2. The van der Waals surface area contributed by atoms with Crippen molar-refractivity contribution in [1.29, 1.82) is 0 Å². The van der Waals surface area contributed by atoms with Gasteiger partial charge in [0.05, 0.1) is 16.7 Å². The van der Waals surface area contributed by atoms with Crippen molar-refractivity contribution in [3.63, 3.8) is 0 Å². The standard InChI is InChI=1S/C22H23BrFNO5/c1-13(26)25-22(2)10-18(14-6-8-15(24)9-7-14)30-19(11-22)16-4-3-5-17(23)21(16)29-12-20(27)28/h3-9,18-19H,10-12H2,1-2H3,(H,25,26)(H,27,28)/t18-,19+,22-/m0/s1. The summed E-state index contributed by atoms with van der Waals surface area (Å²) in [5, 5.41) is 12.0. The van der Waals surface area contributed by atoms with E-state index in [1.807, 2.05) is 19.1 Å². The predicted molar refractivity (Wildman–Crippen MR) is 112 cm³/mol. The van der Waals surface area contributed by atoms with Gasteiger partial charge in [0, 0.05) is 30.9 Å². The third-order valence-corrected chi connectivity index (χ3v) is 5.63. The number of hydrogen-bond donors (Lipinski definition) is 2. The van der Waals surface area contributed by atoms with Crippen LogP contribution in [0.5, 0.6) is 5.75 Å². The lowest BCUT2D eigenvalue weighted by molar-refractivity contribution is -0.139. The fraction of sp³-hybridized carbons (Fsp3) is 0.364. The highest BCUT2D eigenvalue weighted by molar-refractivity contribution is 9.10. The van der Waals surface area contributed by atoms with E-state index in [4.69, 9.17) is 14.6 Å². The van der Waals surface area contributed by atoms with E-state index in [-0.39, 0.29) is 11.7 Å². The first-order chi connectivity index (χ1) is 14.2. The van der Waals surface area contributed by atoms with E-state index in [1.54, 1.807) is 18.2 Å². The predicted octanol–water partition coefficient (Wildman–Crippen LogP) is 4.54. The number of amides is 1. The number of ether oxygens (including phenoxy) is 2. The second kappa shape index (κ2) is 9.14. The summed E-state index contributed by atoms with van der Waals surface area (Å²) < 4.78 is 25.9. The van der Waals surface area contributed by atoms with E-state index in [0.29, 0.717) is 28.6 Å². The van der Waals surface area contributed by atoms with Crippen LogP contribution in [0.1, 0.15) is 50.0 Å². The molecule has 6 nitrogen and oxygen atoms in total. The quantitative estimate of drug-likeness (QED) is 0.635. The number of halogens is 2. The van der Waals surface area contributed by atoms with Crippen molar-refractivity contribution in [2.24, 2.45) is 0 Å². The molecule has 3 atom stereocenters. The summed E-state index contributed by atoms with van der Waals surface area (Å²) in [5.41, 5.74) is 0.884. The first-order valence-electron chi connectivity index (χ1n) is 9.49. The Balaban J connectivity index is 1.98. The lowest BCUT2D eigenvalue weighted by atomic mass is 9.81. The Hall–Kier alpha value is -2.45. The van der Waals surface area contributed by atoms with Crippen LogP contribution in [-0.2, 0) is 14.3 Å². The van der Waals surface area contributed by atoms with Gasteiger partial charge in [-0.1, -0.05) is 24.3 Å². The number of carbonyl (C=O) groups excluding carboxylic acids is 1. The molecule has 0 saturated carbocycles. The summed E-state index contributed by atoms with van der Waals surface area (Å²) in [4.78, 5) is 22.9. The van der Waals surface area contributed by atoms with Crippen molar-refractivity contribution in [2.45, 2.75) is 44.4 Å². The van der Waals surface area contributed by atoms with Gasteiger partial charge in [-0.25, -0.2) is 9.18 Å². The lowest BCUT2D eigenvalue weighted by Gasteiger charge is -2.43. The summed E-state index contributed by atoms with van der Waals surface area (Å²) >= 11 is 3.42. The van der Waals surface area contributed by atoms with Crippen LogP contribution in [0.15, 0.2) is 46.9 Å². The fourth-order valence-corrected chi connectivity index (χ4v) is 4.34. The van der Waals surface area contributed by atoms with E-state index < -0.39 is 30.3 Å². The van der Waals surface area contributed by atoms with Crippen LogP contribution in [0.3, 0.4) is 0 Å². The van der Waals surface area contributed by atoms with Gasteiger partial charge in [-0.15, -0.1) is 0 Å². The minimum atomic E-state index is -1.09. The van der Waals surface area contributed by atoms with Gasteiger partial charge in [0.1, 0.15) is 11.6 Å². The van der Waals surface area contributed by atoms with Crippen LogP contribution < -0.4 is 10.1 Å². The Morgan fingerprint density at radius 2 is 1.90 bits per heavy atom. The van der Waals surface area contributed by atoms with Crippen molar-refractivity contribution in [3.05, 3.63) is 63.9 Å². The molecule has 0 aliphatic carbocycles. The van der Waals surface area contributed by atoms with E-state index in [1.165, 1.54) is 19.1 Å². The van der Waals surface area contributed by atoms with Gasteiger partial charge in [0.2, 0.25) is 5.91 Å². The normalized spacial score (nSPS) is 23.6. The van der Waals surface area contributed by atoms with Crippen LogP contribution in [-0.4, -0.2) is 29.1 Å². The maximum atomic E-state index is 13.4. The zero-order valence-electron chi connectivity index (χ0n) is 16.7. The monoisotopic (exact) mass is 479 g/mol. The molecular weight excluding hydrogens is 457 g/mol. The first-order valence-corrected chi connectivity index (χ1v) is 10.3. The van der Waals surface area contributed by atoms with E-state index in [9.17, 15) is 14.0 Å². The highest BCUT2D eigenvalue weighted by Crippen LogP contribution is 2.47. The Kier molecular flexibility index (Phi) is 6.77. The van der Waals surface area contributed by atoms with Crippen LogP contribution in [0.25, 0.3) is 0 Å². The average Bonchev–Trinajstić information content (AvgIpc) is 2.65. The van der Waals surface area contributed by atoms with Crippen LogP contribution in [0, 0.1) is 5.82 Å². The van der Waals surface area contributed by atoms with Crippen LogP contribution in [0.4, 0.5) is 4.39 Å². The molecule has 0 bridgehead atoms. The number of para-hydroxylation sites is 1. The zero-order chi connectivity index (χ0) is 21.9. The fourth-order valence-electron chi connectivity index (χ4n) is 3.85. The Labute approximate surface area is 182 Å². The molecule has 1 aliphatic rings. The third-order valence-electron chi connectivity index (χ3n) is 5.00. The van der Waals surface area contributed by atoms with Crippen molar-refractivity contribution >= 4 is 27.8 Å². The summed E-state index contributed by atoms with van der Waals surface area (Å²) in [6.45, 7) is 2.91. The molecule has 0 aromatic heterocycles. The minimum absolute atomic E-state index is 0.160. The topological polar surface area (TPSA) is 84.9 Å². The molecule has 1 fully saturated rings. The summed E-state index contributed by atoms with van der Waals surface area (Å²) in [5.74, 6) is -1.21. The molecule has 2 aromatic rings. The molecule has 1 aliphatic heterocycles. The number of carboxylic acid groups (broad SMARTS) is 1. The number of carbonyl (C=O) groups is 2. The number of rotatable bonds is 6. The molecule has 1 heterocycles. The van der Waals surface area contributed by atoms with Gasteiger partial charge in [-0.3, -0.25) is 4.79 Å². The molecule has 0 spiro atoms. The highest BCUT2D eigenvalue weighted by Gasteiger charge is 2.41. The molecule has 160 valence electrons. The van der Waals surface area contributed by atoms with Crippen molar-refractivity contribution in [2.75, 3.05) is 6.61 Å². The summed E-state index contributed by atoms with van der Waals surface area (Å²) in [6.07, 6.45) is 0.0949. The molecule has 8 heteroatoms. The molecular formula is C22H23BrFNO5. The molecule has 0 radical (unpaired) electrons. The van der Waals surface area contributed by atoms with Crippen molar-refractivity contribution < 1.29 is 28.6 Å². The Morgan fingerprint density at radius 1 is 1.23 bits per heavy atom. The molecule has 1 amide bonds. The smallest absolute Gasteiger partial charge is 0.341 e. The average molecular weight is 480 g/mol.